The molecule has 0 aromatic heterocycles. The van der Waals surface area contributed by atoms with E-state index in [9.17, 15) is 0 Å². The van der Waals surface area contributed by atoms with Crippen molar-refractivity contribution in [1.29, 1.82) is 0 Å². The molecule has 1 spiro atoms. The Hall–Kier alpha value is -0.0800. The zero-order valence-corrected chi connectivity index (χ0v) is 13.4. The van der Waals surface area contributed by atoms with E-state index in [1.54, 1.807) is 0 Å². The first-order valence-electron chi connectivity index (χ1n) is 9.12. The van der Waals surface area contributed by atoms with Gasteiger partial charge in [-0.25, -0.2) is 0 Å². The minimum absolute atomic E-state index is 0.543. The van der Waals surface area contributed by atoms with Crippen LogP contribution in [0.3, 0.4) is 0 Å². The number of piperidine rings is 2. The Morgan fingerprint density at radius 2 is 1.95 bits per heavy atom. The van der Waals surface area contributed by atoms with Gasteiger partial charge in [-0.3, -0.25) is 0 Å². The van der Waals surface area contributed by atoms with Crippen LogP contribution >= 0.6 is 0 Å². The SMILES string of the molecule is CC1CC2C[C@@]3(CCCCN3)CC3CCN(C)[C@@H](C1)C32. The predicted molar refractivity (Wildman–Crippen MR) is 83.7 cm³/mol. The maximum absolute atomic E-state index is 3.98. The summed E-state index contributed by atoms with van der Waals surface area (Å²) in [5.74, 6) is 4.00. The largest absolute Gasteiger partial charge is 0.311 e. The van der Waals surface area contributed by atoms with Crippen LogP contribution in [-0.4, -0.2) is 36.6 Å². The average Bonchev–Trinajstić information content (AvgIpc) is 2.43. The third-order valence-corrected chi connectivity index (χ3v) is 7.19. The third-order valence-electron chi connectivity index (χ3n) is 7.19. The highest BCUT2D eigenvalue weighted by Gasteiger charge is 2.52. The van der Waals surface area contributed by atoms with E-state index in [2.05, 4.69) is 24.2 Å². The van der Waals surface area contributed by atoms with Crippen LogP contribution in [0.15, 0.2) is 0 Å². The van der Waals surface area contributed by atoms with E-state index in [0.717, 1.165) is 29.7 Å². The monoisotopic (exact) mass is 276 g/mol. The molecule has 2 aliphatic heterocycles. The lowest BCUT2D eigenvalue weighted by Gasteiger charge is -2.59. The van der Waals surface area contributed by atoms with Crippen molar-refractivity contribution in [3.05, 3.63) is 0 Å². The van der Waals surface area contributed by atoms with Crippen molar-refractivity contribution in [1.82, 2.24) is 10.2 Å². The lowest BCUT2D eigenvalue weighted by atomic mass is 9.53. The molecule has 0 radical (unpaired) electrons. The van der Waals surface area contributed by atoms with Crippen LogP contribution in [0, 0.1) is 23.7 Å². The van der Waals surface area contributed by atoms with Gasteiger partial charge in [0.15, 0.2) is 0 Å². The van der Waals surface area contributed by atoms with Gasteiger partial charge < -0.3 is 10.2 Å². The van der Waals surface area contributed by atoms with E-state index in [0.29, 0.717) is 5.54 Å². The molecule has 0 aromatic carbocycles. The molecule has 0 bridgehead atoms. The van der Waals surface area contributed by atoms with Crippen molar-refractivity contribution in [2.24, 2.45) is 23.7 Å². The molecule has 20 heavy (non-hydrogen) atoms. The zero-order chi connectivity index (χ0) is 13.7. The van der Waals surface area contributed by atoms with Gasteiger partial charge >= 0.3 is 0 Å². The van der Waals surface area contributed by atoms with Gasteiger partial charge in [0.2, 0.25) is 0 Å². The molecule has 6 atom stereocenters. The first-order valence-corrected chi connectivity index (χ1v) is 9.12. The van der Waals surface area contributed by atoms with Crippen LogP contribution in [0.1, 0.15) is 58.3 Å². The second kappa shape index (κ2) is 4.98. The van der Waals surface area contributed by atoms with E-state index in [4.69, 9.17) is 0 Å². The third kappa shape index (κ3) is 2.14. The Morgan fingerprint density at radius 1 is 1.10 bits per heavy atom. The quantitative estimate of drug-likeness (QED) is 0.730. The Balaban J connectivity index is 1.60. The topological polar surface area (TPSA) is 15.3 Å². The second-order valence-corrected chi connectivity index (χ2v) is 8.58. The first-order chi connectivity index (χ1) is 9.67. The van der Waals surface area contributed by atoms with Crippen LogP contribution in [0.25, 0.3) is 0 Å². The summed E-state index contributed by atoms with van der Waals surface area (Å²) in [6, 6.07) is 0.906. The highest BCUT2D eigenvalue weighted by Crippen LogP contribution is 2.54. The van der Waals surface area contributed by atoms with E-state index >= 15 is 0 Å². The van der Waals surface area contributed by atoms with Gasteiger partial charge in [0.05, 0.1) is 0 Å². The van der Waals surface area contributed by atoms with Crippen LogP contribution in [-0.2, 0) is 0 Å². The minimum Gasteiger partial charge on any atom is -0.311 e. The smallest absolute Gasteiger partial charge is 0.0187 e. The van der Waals surface area contributed by atoms with Crippen molar-refractivity contribution in [3.63, 3.8) is 0 Å². The van der Waals surface area contributed by atoms with Gasteiger partial charge in [0.25, 0.3) is 0 Å². The summed E-state index contributed by atoms with van der Waals surface area (Å²) in [6.45, 7) is 5.13. The molecule has 1 N–H and O–H groups in total. The Labute approximate surface area is 124 Å². The van der Waals surface area contributed by atoms with Gasteiger partial charge in [-0.2, -0.15) is 0 Å². The van der Waals surface area contributed by atoms with E-state index in [-0.39, 0.29) is 0 Å². The molecule has 2 heterocycles. The molecule has 4 aliphatic rings. The fourth-order valence-corrected chi connectivity index (χ4v) is 6.48. The number of nitrogens with zero attached hydrogens (tertiary/aromatic N) is 1. The fourth-order valence-electron chi connectivity index (χ4n) is 6.48. The normalized spacial score (nSPS) is 52.8. The molecule has 0 aromatic rings. The fraction of sp³-hybridized carbons (Fsp3) is 1.00. The van der Waals surface area contributed by atoms with Gasteiger partial charge in [0.1, 0.15) is 0 Å². The van der Waals surface area contributed by atoms with Crippen LogP contribution in [0.5, 0.6) is 0 Å². The standard InChI is InChI=1S/C18H32N2/c1-13-9-15-12-18(6-3-4-7-19-18)11-14-5-8-20(2)16(10-13)17(14)15/h13-17,19H,3-12H2,1-2H3/t13?,14?,15?,16-,17?,18+/m0/s1. The Kier molecular flexibility index (Phi) is 3.38. The lowest BCUT2D eigenvalue weighted by Crippen LogP contribution is -2.62. The molecule has 2 heteroatoms. The molecular weight excluding hydrogens is 244 g/mol. The number of rotatable bonds is 0. The predicted octanol–water partition coefficient (Wildman–Crippen LogP) is 3.28. The number of nitrogens with one attached hydrogen (secondary N) is 1. The molecule has 2 nitrogen and oxygen atoms in total. The van der Waals surface area contributed by atoms with Crippen LogP contribution < -0.4 is 5.32 Å². The van der Waals surface area contributed by atoms with Crippen molar-refractivity contribution in [2.45, 2.75) is 69.9 Å². The molecule has 2 saturated carbocycles. The first kappa shape index (κ1) is 13.6. The van der Waals surface area contributed by atoms with Crippen LogP contribution in [0.4, 0.5) is 0 Å². The molecule has 4 rings (SSSR count). The van der Waals surface area contributed by atoms with Gasteiger partial charge in [-0.1, -0.05) is 13.3 Å². The maximum Gasteiger partial charge on any atom is 0.0187 e. The van der Waals surface area contributed by atoms with Gasteiger partial charge in [-0.15, -0.1) is 0 Å². The van der Waals surface area contributed by atoms with E-state index in [1.165, 1.54) is 64.5 Å². The summed E-state index contributed by atoms with van der Waals surface area (Å²) in [7, 11) is 2.39. The number of hydrogen-bond donors (Lipinski definition) is 1. The summed E-state index contributed by atoms with van der Waals surface area (Å²) in [5, 5.41) is 3.98. The van der Waals surface area contributed by atoms with Gasteiger partial charge in [-0.05, 0) is 88.8 Å². The lowest BCUT2D eigenvalue weighted by molar-refractivity contribution is -0.0739. The minimum atomic E-state index is 0.543. The number of hydrogen-bond acceptors (Lipinski definition) is 2. The summed E-state index contributed by atoms with van der Waals surface area (Å²) in [5.41, 5.74) is 0.543. The second-order valence-electron chi connectivity index (χ2n) is 8.58. The average molecular weight is 276 g/mol. The van der Waals surface area contributed by atoms with Gasteiger partial charge in [0, 0.05) is 11.6 Å². The Morgan fingerprint density at radius 3 is 2.75 bits per heavy atom. The molecule has 2 saturated heterocycles. The Bertz CT molecular complexity index is 360. The van der Waals surface area contributed by atoms with Crippen molar-refractivity contribution in [2.75, 3.05) is 20.1 Å². The van der Waals surface area contributed by atoms with E-state index < -0.39 is 0 Å². The zero-order valence-electron chi connectivity index (χ0n) is 13.4. The van der Waals surface area contributed by atoms with Crippen molar-refractivity contribution in [3.8, 4) is 0 Å². The van der Waals surface area contributed by atoms with Crippen molar-refractivity contribution < 1.29 is 0 Å². The van der Waals surface area contributed by atoms with E-state index in [1.807, 2.05) is 0 Å². The molecule has 2 aliphatic carbocycles. The molecule has 4 fully saturated rings. The van der Waals surface area contributed by atoms with Crippen LogP contribution in [0.2, 0.25) is 0 Å². The molecule has 0 amide bonds. The highest BCUT2D eigenvalue weighted by atomic mass is 15.1. The summed E-state index contributed by atoms with van der Waals surface area (Å²) in [6.07, 6.45) is 11.8. The summed E-state index contributed by atoms with van der Waals surface area (Å²) >= 11 is 0. The summed E-state index contributed by atoms with van der Waals surface area (Å²) in [4.78, 5) is 2.70. The molecular formula is C18H32N2. The van der Waals surface area contributed by atoms with Crippen molar-refractivity contribution >= 4 is 0 Å². The molecule has 114 valence electrons. The highest BCUT2D eigenvalue weighted by molar-refractivity contribution is 5.07. The maximum atomic E-state index is 3.98. The molecule has 4 unspecified atom stereocenters. The summed E-state index contributed by atoms with van der Waals surface area (Å²) < 4.78 is 0. The number of likely N-dealkylation sites (tertiary alicyclic amines) is 1.